The Morgan fingerprint density at radius 1 is 1.02 bits per heavy atom. The molecule has 40 heavy (non-hydrogen) atoms. The Balaban J connectivity index is 1.35. The summed E-state index contributed by atoms with van der Waals surface area (Å²) < 4.78 is 0. The zero-order valence-electron chi connectivity index (χ0n) is 23.8. The standard InChI is InChI=1S/C34H42N6/c1-26-24-30-12-11-28(26)15-19-35-18-7-4-3-6-10-29-25-31(38-34-36-20-16-33(30)39-34)13-14-32(29)37-27(2)17-23-40-21-8-5-9-22-40/h4,7,11-16,19-20,24-25,35,37H,2-3,5-6,8-10,17-18,21-23H2,1H3,(H,36,38,39)/b7-4-,19-15-. The number of anilines is 3. The molecule has 3 N–H and O–H groups in total. The van der Waals surface area contributed by atoms with Crippen LogP contribution >= 0.6 is 0 Å². The highest BCUT2D eigenvalue weighted by molar-refractivity contribution is 5.68. The molecular formula is C34H42N6. The van der Waals surface area contributed by atoms with Crippen molar-refractivity contribution in [1.82, 2.24) is 20.2 Å². The number of piperidine rings is 1. The number of nitrogens with zero attached hydrogens (tertiary/aromatic N) is 3. The van der Waals surface area contributed by atoms with Gasteiger partial charge in [0.15, 0.2) is 0 Å². The Hall–Kier alpha value is -3.90. The maximum Gasteiger partial charge on any atom is 0.227 e. The largest absolute Gasteiger partial charge is 0.387 e. The lowest BCUT2D eigenvalue weighted by atomic mass is 10.0. The number of likely N-dealkylation sites (tertiary alicyclic amines) is 1. The van der Waals surface area contributed by atoms with E-state index in [1.807, 2.05) is 18.5 Å². The second kappa shape index (κ2) is 13.9. The van der Waals surface area contributed by atoms with Gasteiger partial charge in [0.05, 0.1) is 5.69 Å². The number of aromatic nitrogens is 2. The minimum atomic E-state index is 0.596. The molecule has 6 rings (SSSR count). The Morgan fingerprint density at radius 3 is 2.80 bits per heavy atom. The number of hydrogen-bond donors (Lipinski definition) is 3. The van der Waals surface area contributed by atoms with E-state index in [-0.39, 0.29) is 0 Å². The normalized spacial score (nSPS) is 17.7. The predicted molar refractivity (Wildman–Crippen MR) is 169 cm³/mol. The minimum Gasteiger partial charge on any atom is -0.387 e. The lowest BCUT2D eigenvalue weighted by molar-refractivity contribution is 0.231. The zero-order chi connectivity index (χ0) is 27.6. The van der Waals surface area contributed by atoms with Crippen molar-refractivity contribution in [2.75, 3.05) is 36.8 Å². The van der Waals surface area contributed by atoms with Crippen LogP contribution in [0.15, 0.2) is 79.3 Å². The van der Waals surface area contributed by atoms with Gasteiger partial charge in [0.25, 0.3) is 0 Å². The third-order valence-electron chi connectivity index (χ3n) is 7.67. The molecule has 6 nitrogen and oxygen atoms in total. The molecule has 0 saturated carbocycles. The third-order valence-corrected chi connectivity index (χ3v) is 7.67. The van der Waals surface area contributed by atoms with Crippen molar-refractivity contribution in [3.8, 4) is 11.3 Å². The van der Waals surface area contributed by atoms with Crippen LogP contribution in [0.25, 0.3) is 17.3 Å². The Labute approximate surface area is 239 Å². The van der Waals surface area contributed by atoms with Crippen molar-refractivity contribution in [2.45, 2.75) is 51.9 Å². The van der Waals surface area contributed by atoms with Gasteiger partial charge in [-0.05, 0) is 118 Å². The fourth-order valence-corrected chi connectivity index (χ4v) is 5.36. The highest BCUT2D eigenvalue weighted by Crippen LogP contribution is 2.27. The molecule has 6 bridgehead atoms. The van der Waals surface area contributed by atoms with Crippen LogP contribution in [0.3, 0.4) is 0 Å². The van der Waals surface area contributed by atoms with Crippen LogP contribution in [0.5, 0.6) is 0 Å². The molecule has 1 aromatic heterocycles. The summed E-state index contributed by atoms with van der Waals surface area (Å²) in [6.07, 6.45) is 18.5. The molecule has 0 spiro atoms. The fraction of sp³-hybridized carbons (Fsp3) is 0.353. The van der Waals surface area contributed by atoms with Crippen LogP contribution < -0.4 is 16.0 Å². The van der Waals surface area contributed by atoms with Crippen LogP contribution in [-0.4, -0.2) is 41.0 Å². The second-order valence-electron chi connectivity index (χ2n) is 10.8. The van der Waals surface area contributed by atoms with Gasteiger partial charge in [-0.25, -0.2) is 9.97 Å². The summed E-state index contributed by atoms with van der Waals surface area (Å²) in [6, 6.07) is 14.9. The first-order valence-electron chi connectivity index (χ1n) is 14.7. The molecule has 0 unspecified atom stereocenters. The predicted octanol–water partition coefficient (Wildman–Crippen LogP) is 7.45. The van der Waals surface area contributed by atoms with Crippen molar-refractivity contribution in [3.05, 3.63) is 96.0 Å². The van der Waals surface area contributed by atoms with Crippen molar-refractivity contribution in [2.24, 2.45) is 0 Å². The molecule has 0 aliphatic carbocycles. The Bertz CT molecular complexity index is 1350. The summed E-state index contributed by atoms with van der Waals surface area (Å²) in [4.78, 5) is 11.9. The molecule has 3 aliphatic rings. The molecule has 1 saturated heterocycles. The summed E-state index contributed by atoms with van der Waals surface area (Å²) in [5.41, 5.74) is 8.85. The lowest BCUT2D eigenvalue weighted by Gasteiger charge is -2.27. The summed E-state index contributed by atoms with van der Waals surface area (Å²) in [5.74, 6) is 0.596. The SMILES string of the molecule is C=C(CCN1CCCCC1)Nc1ccc2cc1CCC/C=C\CN/C=C\c1ccc(cc1C)-c1ccnc(n1)N2. The lowest BCUT2D eigenvalue weighted by Crippen LogP contribution is -2.31. The second-order valence-corrected chi connectivity index (χ2v) is 10.8. The van der Waals surface area contributed by atoms with E-state index in [0.717, 1.165) is 67.1 Å². The molecule has 2 aromatic carbocycles. The zero-order valence-corrected chi connectivity index (χ0v) is 23.8. The maximum absolute atomic E-state index is 4.83. The summed E-state index contributed by atoms with van der Waals surface area (Å²) in [6.45, 7) is 10.8. The minimum absolute atomic E-state index is 0.596. The van der Waals surface area contributed by atoms with Crippen molar-refractivity contribution in [1.29, 1.82) is 0 Å². The molecule has 208 valence electrons. The average Bonchev–Trinajstić information content (AvgIpc) is 2.97. The average molecular weight is 535 g/mol. The molecule has 1 fully saturated rings. The van der Waals surface area contributed by atoms with Gasteiger partial charge in [-0.2, -0.15) is 0 Å². The van der Waals surface area contributed by atoms with E-state index in [1.54, 1.807) is 0 Å². The highest BCUT2D eigenvalue weighted by Gasteiger charge is 2.12. The number of benzene rings is 2. The summed E-state index contributed by atoms with van der Waals surface area (Å²) in [7, 11) is 0. The van der Waals surface area contributed by atoms with Gasteiger partial charge in [-0.15, -0.1) is 0 Å². The van der Waals surface area contributed by atoms with Gasteiger partial charge in [0, 0.05) is 41.9 Å². The molecule has 3 aliphatic heterocycles. The first-order valence-corrected chi connectivity index (χ1v) is 14.7. The highest BCUT2D eigenvalue weighted by atomic mass is 15.1. The molecule has 3 aromatic rings. The van der Waals surface area contributed by atoms with Crippen LogP contribution in [0.1, 0.15) is 55.2 Å². The molecule has 0 atom stereocenters. The van der Waals surface area contributed by atoms with Crippen LogP contribution in [0, 0.1) is 6.92 Å². The first kappa shape index (κ1) is 27.7. The van der Waals surface area contributed by atoms with Gasteiger partial charge >= 0.3 is 0 Å². The number of fused-ring (bicyclic) bond motifs is 8. The van der Waals surface area contributed by atoms with E-state index >= 15 is 0 Å². The number of rotatable bonds is 5. The fourth-order valence-electron chi connectivity index (χ4n) is 5.36. The molecule has 4 heterocycles. The molecule has 0 radical (unpaired) electrons. The third kappa shape index (κ3) is 7.82. The van der Waals surface area contributed by atoms with Crippen LogP contribution in [-0.2, 0) is 6.42 Å². The quantitative estimate of drug-likeness (QED) is 0.296. The van der Waals surface area contributed by atoms with Gasteiger partial charge < -0.3 is 20.9 Å². The summed E-state index contributed by atoms with van der Waals surface area (Å²) in [5, 5.41) is 10.5. The number of nitrogens with one attached hydrogen (secondary N) is 3. The number of hydrogen-bond acceptors (Lipinski definition) is 6. The van der Waals surface area contributed by atoms with E-state index in [1.165, 1.54) is 49.0 Å². The summed E-state index contributed by atoms with van der Waals surface area (Å²) >= 11 is 0. The number of allylic oxidation sites excluding steroid dienone is 1. The molecule has 0 amide bonds. The van der Waals surface area contributed by atoms with E-state index < -0.39 is 0 Å². The van der Waals surface area contributed by atoms with Crippen LogP contribution in [0.2, 0.25) is 0 Å². The Morgan fingerprint density at radius 2 is 1.93 bits per heavy atom. The van der Waals surface area contributed by atoms with E-state index in [2.05, 4.69) is 94.0 Å². The van der Waals surface area contributed by atoms with Gasteiger partial charge in [-0.1, -0.05) is 37.3 Å². The van der Waals surface area contributed by atoms with Crippen LogP contribution in [0.4, 0.5) is 17.3 Å². The van der Waals surface area contributed by atoms with Gasteiger partial charge in [0.2, 0.25) is 5.95 Å². The van der Waals surface area contributed by atoms with Gasteiger partial charge in [0.1, 0.15) is 0 Å². The van der Waals surface area contributed by atoms with E-state index in [0.29, 0.717) is 5.95 Å². The van der Waals surface area contributed by atoms with Crippen molar-refractivity contribution in [3.63, 3.8) is 0 Å². The number of aryl methyl sites for hydroxylation is 2. The van der Waals surface area contributed by atoms with E-state index in [9.17, 15) is 0 Å². The van der Waals surface area contributed by atoms with Crippen molar-refractivity contribution >= 4 is 23.4 Å². The topological polar surface area (TPSA) is 65.1 Å². The molecule has 6 heteroatoms. The monoisotopic (exact) mass is 534 g/mol. The van der Waals surface area contributed by atoms with Gasteiger partial charge in [-0.3, -0.25) is 0 Å². The maximum atomic E-state index is 4.83. The first-order chi connectivity index (χ1) is 19.6. The molecular weight excluding hydrogens is 492 g/mol. The van der Waals surface area contributed by atoms with Crippen molar-refractivity contribution < 1.29 is 0 Å². The smallest absolute Gasteiger partial charge is 0.227 e. The van der Waals surface area contributed by atoms with E-state index in [4.69, 9.17) is 4.98 Å². The Kier molecular flexibility index (Phi) is 9.64.